The molecule has 0 aromatic heterocycles. The van der Waals surface area contributed by atoms with Crippen LogP contribution in [0.4, 0.5) is 5.69 Å². The third kappa shape index (κ3) is 7.40. The Balaban J connectivity index is 3.13. The molecule has 1 aromatic carbocycles. The van der Waals surface area contributed by atoms with Crippen LogP contribution in [0.1, 0.15) is 64.4 Å². The number of ether oxygens (including phenoxy) is 1. The third-order valence-electron chi connectivity index (χ3n) is 4.83. The monoisotopic (exact) mass is 441 g/mol. The normalized spacial score (nSPS) is 12.6. The van der Waals surface area contributed by atoms with E-state index in [2.05, 4.69) is 16.6 Å². The van der Waals surface area contributed by atoms with Gasteiger partial charge in [-0.15, -0.1) is 4.36 Å². The molecule has 0 aliphatic carbocycles. The molecule has 29 heavy (non-hydrogen) atoms. The minimum atomic E-state index is -2.62. The molecule has 1 amide bonds. The van der Waals surface area contributed by atoms with Crippen molar-refractivity contribution in [3.63, 3.8) is 0 Å². The van der Waals surface area contributed by atoms with Gasteiger partial charge in [0, 0.05) is 13.1 Å². The molecule has 0 saturated heterocycles. The first-order valence-electron chi connectivity index (χ1n) is 9.80. The Labute approximate surface area is 180 Å². The van der Waals surface area contributed by atoms with E-state index in [1.165, 1.54) is 13.5 Å². The zero-order valence-electron chi connectivity index (χ0n) is 17.8. The maximum Gasteiger partial charge on any atom is 0.316 e. The highest BCUT2D eigenvalue weighted by atomic mass is 32.2. The van der Waals surface area contributed by atoms with Crippen LogP contribution in [0, 0.1) is 0 Å². The number of rotatable bonds is 10. The fourth-order valence-electron chi connectivity index (χ4n) is 3.11. The smallest absolute Gasteiger partial charge is 0.316 e. The van der Waals surface area contributed by atoms with Gasteiger partial charge in [-0.1, -0.05) is 38.7 Å². The Bertz CT molecular complexity index is 832. The van der Waals surface area contributed by atoms with Crippen LogP contribution in [0.15, 0.2) is 22.6 Å². The van der Waals surface area contributed by atoms with Crippen LogP contribution in [0.5, 0.6) is 5.75 Å². The number of hydrogen-bond acceptors (Lipinski definition) is 6. The van der Waals surface area contributed by atoms with Gasteiger partial charge in [-0.05, 0) is 50.2 Å². The maximum absolute atomic E-state index is 13.3. The molecule has 0 radical (unpaired) electrons. The zero-order chi connectivity index (χ0) is 22.0. The van der Waals surface area contributed by atoms with Crippen LogP contribution in [0.3, 0.4) is 0 Å². The summed E-state index contributed by atoms with van der Waals surface area (Å²) in [5.41, 5.74) is 0.801. The van der Waals surface area contributed by atoms with Gasteiger partial charge in [-0.2, -0.15) is 8.42 Å². The molecule has 0 spiro atoms. The van der Waals surface area contributed by atoms with Crippen molar-refractivity contribution in [2.75, 3.05) is 14.2 Å². The summed E-state index contributed by atoms with van der Waals surface area (Å²) < 4.78 is 30.7. The largest absolute Gasteiger partial charge is 0.494 e. The minimum absolute atomic E-state index is 0.0432. The van der Waals surface area contributed by atoms with E-state index in [0.29, 0.717) is 16.4 Å². The van der Waals surface area contributed by atoms with Gasteiger partial charge in [-0.25, -0.2) is 0 Å². The molecule has 0 aliphatic rings. The molecular formula is C20H31N3O4S2. The number of nitrogens with one attached hydrogen (secondary N) is 1. The highest BCUT2D eigenvalue weighted by Crippen LogP contribution is 2.32. The maximum atomic E-state index is 13.3. The van der Waals surface area contributed by atoms with Gasteiger partial charge in [0.25, 0.3) is 0 Å². The van der Waals surface area contributed by atoms with Crippen molar-refractivity contribution in [2.24, 2.45) is 4.36 Å². The topological polar surface area (TPSA) is 88.1 Å². The first-order valence-corrected chi connectivity index (χ1v) is 11.2. The van der Waals surface area contributed by atoms with Gasteiger partial charge in [0.2, 0.25) is 5.91 Å². The molecule has 1 N–H and O–H groups in total. The van der Waals surface area contributed by atoms with Crippen LogP contribution in [0.25, 0.3) is 0 Å². The number of thiocarbonyl (C=S) groups is 1. The molecule has 2 atom stereocenters. The molecule has 2 unspecified atom stereocenters. The molecular weight excluding hydrogens is 410 g/mol. The molecule has 0 fully saturated rings. The summed E-state index contributed by atoms with van der Waals surface area (Å²) in [6.07, 6.45) is 5.34. The summed E-state index contributed by atoms with van der Waals surface area (Å²) in [5.74, 6) is -0.351. The second-order valence-electron chi connectivity index (χ2n) is 6.92. The average Bonchev–Trinajstić information content (AvgIpc) is 2.70. The highest BCUT2D eigenvalue weighted by Gasteiger charge is 2.29. The Hall–Kier alpha value is -2.00. The molecule has 0 saturated carbocycles. The van der Waals surface area contributed by atoms with Crippen molar-refractivity contribution in [1.29, 1.82) is 0 Å². The minimum Gasteiger partial charge on any atom is -0.494 e. The number of unbranched alkanes of at least 4 members (excludes halogenated alkanes) is 3. The molecule has 0 aliphatic heterocycles. The van der Waals surface area contributed by atoms with Crippen molar-refractivity contribution in [1.82, 2.24) is 10.2 Å². The quantitative estimate of drug-likeness (QED) is 0.433. The van der Waals surface area contributed by atoms with E-state index in [1.54, 1.807) is 37.1 Å². The van der Waals surface area contributed by atoms with E-state index in [1.807, 2.05) is 6.92 Å². The van der Waals surface area contributed by atoms with Crippen molar-refractivity contribution < 1.29 is 17.9 Å². The summed E-state index contributed by atoms with van der Waals surface area (Å²) in [6, 6.07) is 4.86. The Morgan fingerprint density at radius 1 is 1.28 bits per heavy atom. The van der Waals surface area contributed by atoms with Gasteiger partial charge in [0.05, 0.1) is 13.0 Å². The van der Waals surface area contributed by atoms with E-state index in [9.17, 15) is 13.2 Å². The van der Waals surface area contributed by atoms with Gasteiger partial charge >= 0.3 is 10.5 Å². The van der Waals surface area contributed by atoms with Gasteiger partial charge in [0.15, 0.2) is 5.11 Å². The van der Waals surface area contributed by atoms with Crippen LogP contribution in [0.2, 0.25) is 0 Å². The fraction of sp³-hybridized carbons (Fsp3) is 0.600. The second kappa shape index (κ2) is 12.5. The van der Waals surface area contributed by atoms with E-state index >= 15 is 0 Å². The lowest BCUT2D eigenvalue weighted by Crippen LogP contribution is -2.49. The summed E-state index contributed by atoms with van der Waals surface area (Å²) in [5, 5.41) is 3.29. The van der Waals surface area contributed by atoms with E-state index < -0.39 is 16.4 Å². The van der Waals surface area contributed by atoms with Gasteiger partial charge in [-0.3, -0.25) is 9.69 Å². The van der Waals surface area contributed by atoms with Crippen LogP contribution >= 0.6 is 12.2 Å². The zero-order valence-corrected chi connectivity index (χ0v) is 19.4. The van der Waals surface area contributed by atoms with Crippen LogP contribution in [-0.2, 0) is 15.3 Å². The predicted octanol–water partition coefficient (Wildman–Crippen LogP) is 4.18. The number of nitrogens with zero attached hydrogens (tertiary/aromatic N) is 2. The first kappa shape index (κ1) is 25.0. The molecule has 162 valence electrons. The molecule has 1 aromatic rings. The molecule has 7 nitrogen and oxygen atoms in total. The predicted molar refractivity (Wildman–Crippen MR) is 119 cm³/mol. The summed E-state index contributed by atoms with van der Waals surface area (Å²) in [7, 11) is 0.511. The van der Waals surface area contributed by atoms with Crippen molar-refractivity contribution in [3.05, 3.63) is 23.8 Å². The Kier molecular flexibility index (Phi) is 10.8. The number of benzene rings is 1. The van der Waals surface area contributed by atoms with E-state index in [4.69, 9.17) is 17.0 Å². The molecule has 0 heterocycles. The summed E-state index contributed by atoms with van der Waals surface area (Å²) >= 11 is 5.40. The lowest BCUT2D eigenvalue weighted by atomic mass is 9.97. The Morgan fingerprint density at radius 3 is 2.52 bits per heavy atom. The van der Waals surface area contributed by atoms with E-state index in [0.717, 1.165) is 25.7 Å². The molecule has 0 bridgehead atoms. The number of amides is 1. The lowest BCUT2D eigenvalue weighted by molar-refractivity contribution is -0.130. The van der Waals surface area contributed by atoms with E-state index in [-0.39, 0.29) is 17.6 Å². The number of carbonyl (C=O) groups excluding carboxylic acids is 1. The van der Waals surface area contributed by atoms with Gasteiger partial charge in [0.1, 0.15) is 11.4 Å². The standard InChI is InChI=1S/C20H31N3O4S2/c1-6-7-8-9-10-14(2)23(20(28)21-4)19(24)15(3)16-11-12-18(27-5)17(13-16)22-29(25)26/h11-15H,6-10H2,1-5H3,(H,21,28). The lowest BCUT2D eigenvalue weighted by Gasteiger charge is -2.32. The molecule has 1 rings (SSSR count). The number of carbonyl (C=O) groups is 1. The van der Waals surface area contributed by atoms with Gasteiger partial charge < -0.3 is 10.1 Å². The number of methoxy groups -OCH3 is 1. The van der Waals surface area contributed by atoms with Crippen LogP contribution < -0.4 is 10.1 Å². The number of hydrogen-bond donors (Lipinski definition) is 1. The highest BCUT2D eigenvalue weighted by molar-refractivity contribution is 7.80. The molecule has 9 heteroatoms. The van der Waals surface area contributed by atoms with Crippen molar-refractivity contribution in [3.8, 4) is 5.75 Å². The average molecular weight is 442 g/mol. The summed E-state index contributed by atoms with van der Waals surface area (Å²) in [4.78, 5) is 14.9. The van der Waals surface area contributed by atoms with Crippen LogP contribution in [-0.4, -0.2) is 44.5 Å². The SMILES string of the molecule is CCCCCCC(C)N(C(=O)C(C)c1ccc(OC)c(N=S(=O)=O)c1)C(=S)NC. The summed E-state index contributed by atoms with van der Waals surface area (Å²) in [6.45, 7) is 5.93. The first-order chi connectivity index (χ1) is 13.8. The third-order valence-corrected chi connectivity index (χ3v) is 5.58. The Morgan fingerprint density at radius 2 is 1.97 bits per heavy atom. The van der Waals surface area contributed by atoms with Crippen molar-refractivity contribution >= 4 is 39.4 Å². The fourth-order valence-corrected chi connectivity index (χ4v) is 3.69. The van der Waals surface area contributed by atoms with Crippen molar-refractivity contribution in [2.45, 2.75) is 64.8 Å². The second-order valence-corrected chi connectivity index (χ2v) is 7.93.